The zero-order valence-electron chi connectivity index (χ0n) is 12.0. The van der Waals surface area contributed by atoms with Crippen molar-refractivity contribution < 1.29 is 9.84 Å². The van der Waals surface area contributed by atoms with Gasteiger partial charge in [-0.1, -0.05) is 26.7 Å². The standard InChI is InChI=1S/C15H29NO2/c1-12(2)7-9-16(13-5-3-4-6-13)14-11-18-10-8-15(14)17/h12-15,17H,3-11H2,1-2H3. The molecule has 2 aliphatic rings. The zero-order valence-corrected chi connectivity index (χ0v) is 12.0. The first-order chi connectivity index (χ1) is 8.68. The van der Waals surface area contributed by atoms with E-state index in [1.807, 2.05) is 0 Å². The van der Waals surface area contributed by atoms with Crippen molar-refractivity contribution >= 4 is 0 Å². The third-order valence-electron chi connectivity index (χ3n) is 4.48. The van der Waals surface area contributed by atoms with E-state index in [9.17, 15) is 5.11 Å². The average molecular weight is 255 g/mol. The van der Waals surface area contributed by atoms with E-state index in [0.29, 0.717) is 6.04 Å². The number of aliphatic hydroxyl groups excluding tert-OH is 1. The molecule has 0 aromatic heterocycles. The lowest BCUT2D eigenvalue weighted by Crippen LogP contribution is -2.53. The number of ether oxygens (including phenoxy) is 1. The summed E-state index contributed by atoms with van der Waals surface area (Å²) in [6.45, 7) is 7.12. The molecule has 1 heterocycles. The van der Waals surface area contributed by atoms with E-state index in [1.165, 1.54) is 32.1 Å². The van der Waals surface area contributed by atoms with E-state index in [1.54, 1.807) is 0 Å². The molecule has 2 atom stereocenters. The third kappa shape index (κ3) is 3.69. The molecule has 106 valence electrons. The van der Waals surface area contributed by atoms with Crippen LogP contribution in [0.1, 0.15) is 52.4 Å². The van der Waals surface area contributed by atoms with E-state index in [2.05, 4.69) is 18.7 Å². The van der Waals surface area contributed by atoms with E-state index in [-0.39, 0.29) is 12.1 Å². The minimum absolute atomic E-state index is 0.188. The van der Waals surface area contributed by atoms with Gasteiger partial charge in [0.05, 0.1) is 18.8 Å². The summed E-state index contributed by atoms with van der Waals surface area (Å²) in [5.74, 6) is 0.732. The van der Waals surface area contributed by atoms with Gasteiger partial charge in [-0.25, -0.2) is 0 Å². The highest BCUT2D eigenvalue weighted by molar-refractivity contribution is 4.88. The Morgan fingerprint density at radius 3 is 2.56 bits per heavy atom. The molecule has 2 fully saturated rings. The molecule has 2 unspecified atom stereocenters. The van der Waals surface area contributed by atoms with Gasteiger partial charge in [0.2, 0.25) is 0 Å². The Morgan fingerprint density at radius 1 is 1.22 bits per heavy atom. The van der Waals surface area contributed by atoms with Gasteiger partial charge in [0.15, 0.2) is 0 Å². The average Bonchev–Trinajstić information content (AvgIpc) is 2.85. The summed E-state index contributed by atoms with van der Waals surface area (Å²) in [5, 5.41) is 10.2. The van der Waals surface area contributed by atoms with Gasteiger partial charge < -0.3 is 9.84 Å². The summed E-state index contributed by atoms with van der Waals surface area (Å²) in [6, 6.07) is 0.922. The highest BCUT2D eigenvalue weighted by Gasteiger charge is 2.34. The van der Waals surface area contributed by atoms with Crippen molar-refractivity contribution in [3.8, 4) is 0 Å². The van der Waals surface area contributed by atoms with Crippen molar-refractivity contribution in [2.75, 3.05) is 19.8 Å². The minimum Gasteiger partial charge on any atom is -0.391 e. The number of nitrogens with zero attached hydrogens (tertiary/aromatic N) is 1. The minimum atomic E-state index is -0.188. The molecule has 1 aliphatic carbocycles. The molecule has 0 aromatic carbocycles. The maximum absolute atomic E-state index is 10.2. The van der Waals surface area contributed by atoms with Crippen LogP contribution in [0.5, 0.6) is 0 Å². The lowest BCUT2D eigenvalue weighted by atomic mass is 10.00. The van der Waals surface area contributed by atoms with Crippen LogP contribution in [0.4, 0.5) is 0 Å². The van der Waals surface area contributed by atoms with Gasteiger partial charge >= 0.3 is 0 Å². The van der Waals surface area contributed by atoms with Crippen LogP contribution >= 0.6 is 0 Å². The van der Waals surface area contributed by atoms with Crippen molar-refractivity contribution in [1.29, 1.82) is 0 Å². The van der Waals surface area contributed by atoms with Crippen molar-refractivity contribution in [2.24, 2.45) is 5.92 Å². The van der Waals surface area contributed by atoms with Crippen molar-refractivity contribution in [3.05, 3.63) is 0 Å². The second-order valence-corrected chi connectivity index (χ2v) is 6.36. The van der Waals surface area contributed by atoms with E-state index in [0.717, 1.165) is 32.1 Å². The molecule has 18 heavy (non-hydrogen) atoms. The lowest BCUT2D eigenvalue weighted by molar-refractivity contribution is -0.0739. The van der Waals surface area contributed by atoms with Crippen LogP contribution in [0.25, 0.3) is 0 Å². The maximum Gasteiger partial charge on any atom is 0.0739 e. The lowest BCUT2D eigenvalue weighted by Gasteiger charge is -2.41. The molecule has 0 amide bonds. The Morgan fingerprint density at radius 2 is 1.94 bits per heavy atom. The largest absolute Gasteiger partial charge is 0.391 e. The molecule has 0 spiro atoms. The van der Waals surface area contributed by atoms with Crippen LogP contribution in [0, 0.1) is 5.92 Å². The molecular formula is C15H29NO2. The molecule has 1 saturated carbocycles. The summed E-state index contributed by atoms with van der Waals surface area (Å²) in [5.41, 5.74) is 0. The smallest absolute Gasteiger partial charge is 0.0739 e. The van der Waals surface area contributed by atoms with E-state index in [4.69, 9.17) is 4.74 Å². The summed E-state index contributed by atoms with van der Waals surface area (Å²) in [6.07, 6.45) is 7.16. The Hall–Kier alpha value is -0.120. The normalized spacial score (nSPS) is 30.5. The first kappa shape index (κ1) is 14.3. The SMILES string of the molecule is CC(C)CCN(C1CCCC1)C1COCCC1O. The molecule has 1 N–H and O–H groups in total. The predicted octanol–water partition coefficient (Wildman–Crippen LogP) is 2.43. The quantitative estimate of drug-likeness (QED) is 0.819. The highest BCUT2D eigenvalue weighted by Crippen LogP contribution is 2.28. The Bertz CT molecular complexity index is 239. The molecule has 0 bridgehead atoms. The molecular weight excluding hydrogens is 226 g/mol. The number of hydrogen-bond acceptors (Lipinski definition) is 3. The fourth-order valence-corrected chi connectivity index (χ4v) is 3.29. The number of rotatable bonds is 5. The van der Waals surface area contributed by atoms with Gasteiger partial charge in [0.1, 0.15) is 0 Å². The van der Waals surface area contributed by atoms with Crippen LogP contribution in [0.15, 0.2) is 0 Å². The molecule has 1 aliphatic heterocycles. The van der Waals surface area contributed by atoms with Gasteiger partial charge in [-0.3, -0.25) is 4.90 Å². The molecule has 0 radical (unpaired) electrons. The monoisotopic (exact) mass is 255 g/mol. The fraction of sp³-hybridized carbons (Fsp3) is 1.00. The molecule has 2 rings (SSSR count). The van der Waals surface area contributed by atoms with Gasteiger partial charge in [0.25, 0.3) is 0 Å². The van der Waals surface area contributed by atoms with Crippen molar-refractivity contribution in [1.82, 2.24) is 4.90 Å². The first-order valence-corrected chi connectivity index (χ1v) is 7.70. The van der Waals surface area contributed by atoms with Crippen molar-refractivity contribution in [2.45, 2.75) is 70.6 Å². The Balaban J connectivity index is 1.97. The molecule has 3 nitrogen and oxygen atoms in total. The summed E-state index contributed by atoms with van der Waals surface area (Å²) in [4.78, 5) is 2.57. The van der Waals surface area contributed by atoms with Gasteiger partial charge in [-0.15, -0.1) is 0 Å². The maximum atomic E-state index is 10.2. The number of aliphatic hydroxyl groups is 1. The van der Waals surface area contributed by atoms with Crippen LogP contribution in [0.2, 0.25) is 0 Å². The zero-order chi connectivity index (χ0) is 13.0. The van der Waals surface area contributed by atoms with Gasteiger partial charge in [-0.2, -0.15) is 0 Å². The second kappa shape index (κ2) is 6.88. The fourth-order valence-electron chi connectivity index (χ4n) is 3.29. The second-order valence-electron chi connectivity index (χ2n) is 6.36. The predicted molar refractivity (Wildman–Crippen MR) is 73.6 cm³/mol. The molecule has 1 saturated heterocycles. The van der Waals surface area contributed by atoms with Crippen LogP contribution < -0.4 is 0 Å². The first-order valence-electron chi connectivity index (χ1n) is 7.70. The van der Waals surface area contributed by atoms with E-state index >= 15 is 0 Å². The van der Waals surface area contributed by atoms with Gasteiger partial charge in [0, 0.05) is 12.6 Å². The van der Waals surface area contributed by atoms with Crippen LogP contribution in [0.3, 0.4) is 0 Å². The topological polar surface area (TPSA) is 32.7 Å². The third-order valence-corrected chi connectivity index (χ3v) is 4.48. The highest BCUT2D eigenvalue weighted by atomic mass is 16.5. The molecule has 0 aromatic rings. The number of hydrogen-bond donors (Lipinski definition) is 1. The molecule has 3 heteroatoms. The summed E-state index contributed by atoms with van der Waals surface area (Å²) >= 11 is 0. The van der Waals surface area contributed by atoms with Crippen molar-refractivity contribution in [3.63, 3.8) is 0 Å². The van der Waals surface area contributed by atoms with Gasteiger partial charge in [-0.05, 0) is 38.1 Å². The van der Waals surface area contributed by atoms with E-state index < -0.39 is 0 Å². The van der Waals surface area contributed by atoms with Crippen LogP contribution in [-0.4, -0.2) is 48.0 Å². The Kier molecular flexibility index (Phi) is 5.46. The summed E-state index contributed by atoms with van der Waals surface area (Å²) < 4.78 is 5.60. The Labute approximate surface area is 112 Å². The summed E-state index contributed by atoms with van der Waals surface area (Å²) in [7, 11) is 0. The van der Waals surface area contributed by atoms with Crippen LogP contribution in [-0.2, 0) is 4.74 Å².